The third-order valence-corrected chi connectivity index (χ3v) is 6.33. The van der Waals surface area contributed by atoms with Crippen LogP contribution in [0.1, 0.15) is 15.2 Å². The standard InChI is InChI=1S/C22H20N6O3S2/c1-31-16-10-8-15(9-11-16)23-21(30)18-6-2-3-7-19(18)24-20(29)14-33-22-25-26-27-28(22)13-17-5-4-12-32-17/h2-12H,13-14H2,1H3,(H,23,30)(H,24,29). The molecule has 2 aromatic carbocycles. The normalized spacial score (nSPS) is 10.6. The van der Waals surface area contributed by atoms with E-state index in [1.165, 1.54) is 11.8 Å². The van der Waals surface area contributed by atoms with Gasteiger partial charge in [0.05, 0.1) is 30.7 Å². The average Bonchev–Trinajstić information content (AvgIpc) is 3.51. The highest BCUT2D eigenvalue weighted by atomic mass is 32.2. The minimum absolute atomic E-state index is 0.0965. The van der Waals surface area contributed by atoms with Gasteiger partial charge in [0, 0.05) is 10.6 Å². The Morgan fingerprint density at radius 1 is 1.06 bits per heavy atom. The first-order valence-electron chi connectivity index (χ1n) is 9.88. The number of aromatic nitrogens is 4. The Labute approximate surface area is 198 Å². The number of thioether (sulfide) groups is 1. The van der Waals surface area contributed by atoms with E-state index in [9.17, 15) is 9.59 Å². The van der Waals surface area contributed by atoms with E-state index in [4.69, 9.17) is 4.74 Å². The molecule has 0 aliphatic heterocycles. The van der Waals surface area contributed by atoms with E-state index in [0.29, 0.717) is 34.4 Å². The lowest BCUT2D eigenvalue weighted by Crippen LogP contribution is -2.19. The third-order valence-electron chi connectivity index (χ3n) is 4.51. The summed E-state index contributed by atoms with van der Waals surface area (Å²) in [5, 5.41) is 19.9. The van der Waals surface area contributed by atoms with Crippen molar-refractivity contribution in [1.29, 1.82) is 0 Å². The number of nitrogens with one attached hydrogen (secondary N) is 2. The minimum atomic E-state index is -0.330. The van der Waals surface area contributed by atoms with E-state index in [-0.39, 0.29) is 17.6 Å². The van der Waals surface area contributed by atoms with Crippen LogP contribution in [0.3, 0.4) is 0 Å². The number of hydrogen-bond donors (Lipinski definition) is 2. The number of ether oxygens (including phenoxy) is 1. The van der Waals surface area contributed by atoms with Crippen LogP contribution in [-0.4, -0.2) is 44.9 Å². The van der Waals surface area contributed by atoms with Crippen LogP contribution >= 0.6 is 23.1 Å². The number of carbonyl (C=O) groups is 2. The molecular formula is C22H20N6O3S2. The van der Waals surface area contributed by atoms with Crippen molar-refractivity contribution in [2.24, 2.45) is 0 Å². The predicted molar refractivity (Wildman–Crippen MR) is 128 cm³/mol. The van der Waals surface area contributed by atoms with Crippen LogP contribution in [0.4, 0.5) is 11.4 Å². The molecule has 4 rings (SSSR count). The molecule has 168 valence electrons. The number of hydrogen-bond acceptors (Lipinski definition) is 8. The highest BCUT2D eigenvalue weighted by molar-refractivity contribution is 7.99. The lowest BCUT2D eigenvalue weighted by atomic mass is 10.1. The number of anilines is 2. The van der Waals surface area contributed by atoms with Crippen molar-refractivity contribution < 1.29 is 14.3 Å². The zero-order valence-corrected chi connectivity index (χ0v) is 19.2. The summed E-state index contributed by atoms with van der Waals surface area (Å²) in [4.78, 5) is 26.5. The number of carbonyl (C=O) groups excluding carboxylic acids is 2. The number of tetrazole rings is 1. The minimum Gasteiger partial charge on any atom is -0.497 e. The Hall–Kier alpha value is -3.70. The van der Waals surface area contributed by atoms with Gasteiger partial charge >= 0.3 is 0 Å². The fourth-order valence-electron chi connectivity index (χ4n) is 2.93. The van der Waals surface area contributed by atoms with Gasteiger partial charge in [0.1, 0.15) is 5.75 Å². The first-order chi connectivity index (χ1) is 16.1. The second-order valence-electron chi connectivity index (χ2n) is 6.76. The lowest BCUT2D eigenvalue weighted by molar-refractivity contribution is -0.113. The second kappa shape index (κ2) is 10.7. The molecule has 0 fully saturated rings. The Morgan fingerprint density at radius 3 is 2.64 bits per heavy atom. The summed E-state index contributed by atoms with van der Waals surface area (Å²) in [5.41, 5.74) is 1.40. The predicted octanol–water partition coefficient (Wildman–Crippen LogP) is 3.77. The van der Waals surface area contributed by atoms with E-state index in [2.05, 4.69) is 26.2 Å². The maximum absolute atomic E-state index is 12.8. The quantitative estimate of drug-likeness (QED) is 0.351. The van der Waals surface area contributed by atoms with Crippen LogP contribution in [0.2, 0.25) is 0 Å². The van der Waals surface area contributed by atoms with E-state index in [1.54, 1.807) is 71.7 Å². The molecule has 33 heavy (non-hydrogen) atoms. The van der Waals surface area contributed by atoms with Gasteiger partial charge in [-0.25, -0.2) is 4.68 Å². The molecule has 2 amide bonds. The Kier molecular flexibility index (Phi) is 7.33. The summed E-state index contributed by atoms with van der Waals surface area (Å²) in [6, 6.07) is 17.8. The molecule has 0 saturated carbocycles. The molecule has 0 saturated heterocycles. The number of para-hydroxylation sites is 1. The van der Waals surface area contributed by atoms with Gasteiger partial charge in [-0.2, -0.15) is 0 Å². The summed E-state index contributed by atoms with van der Waals surface area (Å²) in [7, 11) is 1.58. The van der Waals surface area contributed by atoms with Gasteiger partial charge in [0.25, 0.3) is 5.91 Å². The Bertz CT molecular complexity index is 1230. The first-order valence-corrected chi connectivity index (χ1v) is 11.7. The first kappa shape index (κ1) is 22.5. The third kappa shape index (κ3) is 5.96. The van der Waals surface area contributed by atoms with Crippen molar-refractivity contribution in [2.45, 2.75) is 11.7 Å². The molecule has 2 N–H and O–H groups in total. The van der Waals surface area contributed by atoms with Crippen LogP contribution in [0.25, 0.3) is 0 Å². The second-order valence-corrected chi connectivity index (χ2v) is 8.74. The Balaban J connectivity index is 1.37. The maximum atomic E-state index is 12.8. The molecule has 2 heterocycles. The highest BCUT2D eigenvalue weighted by Gasteiger charge is 2.15. The number of thiophene rings is 1. The van der Waals surface area contributed by atoms with Crippen LogP contribution in [0.5, 0.6) is 5.75 Å². The van der Waals surface area contributed by atoms with Crippen molar-refractivity contribution >= 4 is 46.3 Å². The molecule has 11 heteroatoms. The number of amides is 2. The van der Waals surface area contributed by atoms with Crippen molar-refractivity contribution in [3.8, 4) is 5.75 Å². The fourth-order valence-corrected chi connectivity index (χ4v) is 4.29. The zero-order chi connectivity index (χ0) is 23.0. The van der Waals surface area contributed by atoms with Gasteiger partial charge in [-0.3, -0.25) is 9.59 Å². The molecule has 0 unspecified atom stereocenters. The summed E-state index contributed by atoms with van der Waals surface area (Å²) in [6.45, 7) is 0.545. The number of nitrogens with zero attached hydrogens (tertiary/aromatic N) is 4. The largest absolute Gasteiger partial charge is 0.497 e. The van der Waals surface area contributed by atoms with Crippen LogP contribution in [-0.2, 0) is 11.3 Å². The summed E-state index contributed by atoms with van der Waals surface area (Å²) in [5.74, 6) is 0.192. The average molecular weight is 481 g/mol. The zero-order valence-electron chi connectivity index (χ0n) is 17.6. The molecule has 4 aromatic rings. The van der Waals surface area contributed by atoms with Gasteiger partial charge in [-0.15, -0.1) is 16.4 Å². The SMILES string of the molecule is COc1ccc(NC(=O)c2ccccc2NC(=O)CSc2nnnn2Cc2cccs2)cc1. The van der Waals surface area contributed by atoms with Crippen molar-refractivity contribution in [3.63, 3.8) is 0 Å². The molecular weight excluding hydrogens is 460 g/mol. The molecule has 0 aliphatic carbocycles. The highest BCUT2D eigenvalue weighted by Crippen LogP contribution is 2.21. The molecule has 9 nitrogen and oxygen atoms in total. The van der Waals surface area contributed by atoms with E-state index < -0.39 is 0 Å². The lowest BCUT2D eigenvalue weighted by Gasteiger charge is -2.12. The van der Waals surface area contributed by atoms with E-state index in [1.807, 2.05) is 17.5 Å². The molecule has 0 bridgehead atoms. The maximum Gasteiger partial charge on any atom is 0.257 e. The molecule has 0 radical (unpaired) electrons. The van der Waals surface area contributed by atoms with Crippen LogP contribution in [0.15, 0.2) is 71.2 Å². The van der Waals surface area contributed by atoms with Gasteiger partial charge in [0.15, 0.2) is 0 Å². The Morgan fingerprint density at radius 2 is 1.88 bits per heavy atom. The van der Waals surface area contributed by atoms with E-state index in [0.717, 1.165) is 4.88 Å². The van der Waals surface area contributed by atoms with Crippen molar-refractivity contribution in [2.75, 3.05) is 23.5 Å². The van der Waals surface area contributed by atoms with Gasteiger partial charge in [0.2, 0.25) is 11.1 Å². The number of rotatable bonds is 9. The van der Waals surface area contributed by atoms with Gasteiger partial charge in [-0.1, -0.05) is 30.0 Å². The topological polar surface area (TPSA) is 111 Å². The molecule has 2 aromatic heterocycles. The van der Waals surface area contributed by atoms with Crippen molar-refractivity contribution in [3.05, 3.63) is 76.5 Å². The molecule has 0 atom stereocenters. The molecule has 0 spiro atoms. The monoisotopic (exact) mass is 480 g/mol. The summed E-state index contributed by atoms with van der Waals surface area (Å²) < 4.78 is 6.78. The van der Waals surface area contributed by atoms with Crippen LogP contribution < -0.4 is 15.4 Å². The fraction of sp³-hybridized carbons (Fsp3) is 0.136. The van der Waals surface area contributed by atoms with Gasteiger partial charge < -0.3 is 15.4 Å². The smallest absolute Gasteiger partial charge is 0.257 e. The number of benzene rings is 2. The van der Waals surface area contributed by atoms with E-state index >= 15 is 0 Å². The van der Waals surface area contributed by atoms with Crippen LogP contribution in [0, 0.1) is 0 Å². The van der Waals surface area contributed by atoms with Crippen molar-refractivity contribution in [1.82, 2.24) is 20.2 Å². The summed E-state index contributed by atoms with van der Waals surface area (Å²) in [6.07, 6.45) is 0. The number of methoxy groups -OCH3 is 1. The molecule has 0 aliphatic rings. The van der Waals surface area contributed by atoms with Gasteiger partial charge in [-0.05, 0) is 58.3 Å². The summed E-state index contributed by atoms with van der Waals surface area (Å²) >= 11 is 2.84.